The Morgan fingerprint density at radius 1 is 1.41 bits per heavy atom. The van der Waals surface area contributed by atoms with E-state index in [4.69, 9.17) is 21.4 Å². The summed E-state index contributed by atoms with van der Waals surface area (Å²) >= 11 is 7.30. The fourth-order valence-electron chi connectivity index (χ4n) is 1.41. The number of hydrogen-bond donors (Lipinski definition) is 1. The van der Waals surface area contributed by atoms with Gasteiger partial charge in [-0.1, -0.05) is 17.7 Å². The second-order valence-corrected chi connectivity index (χ2v) is 4.67. The second kappa shape index (κ2) is 4.77. The normalized spacial score (nSPS) is 10.2. The summed E-state index contributed by atoms with van der Waals surface area (Å²) in [5, 5.41) is 11.0. The molecule has 0 saturated carbocycles. The predicted molar refractivity (Wildman–Crippen MR) is 68.3 cm³/mol. The van der Waals surface area contributed by atoms with E-state index in [2.05, 4.69) is 0 Å². The molecule has 0 amide bonds. The molecule has 3 nitrogen and oxygen atoms in total. The zero-order valence-corrected chi connectivity index (χ0v) is 10.5. The molecule has 1 N–H and O–H groups in total. The van der Waals surface area contributed by atoms with Gasteiger partial charge in [0.1, 0.15) is 5.75 Å². The maximum absolute atomic E-state index is 10.8. The van der Waals surface area contributed by atoms with Crippen LogP contribution in [0.4, 0.5) is 0 Å². The van der Waals surface area contributed by atoms with Gasteiger partial charge in [-0.3, -0.25) is 0 Å². The highest BCUT2D eigenvalue weighted by molar-refractivity contribution is 7.13. The van der Waals surface area contributed by atoms with Crippen LogP contribution in [-0.2, 0) is 0 Å². The highest BCUT2D eigenvalue weighted by Crippen LogP contribution is 2.33. The molecule has 5 heteroatoms. The summed E-state index contributed by atoms with van der Waals surface area (Å²) in [6.45, 7) is 0. The van der Waals surface area contributed by atoms with Gasteiger partial charge in [0, 0.05) is 10.3 Å². The van der Waals surface area contributed by atoms with Crippen LogP contribution in [0, 0.1) is 0 Å². The Labute approximate surface area is 107 Å². The lowest BCUT2D eigenvalue weighted by Crippen LogP contribution is -1.91. The number of methoxy groups -OCH3 is 1. The molecule has 0 unspecified atom stereocenters. The average Bonchev–Trinajstić information content (AvgIpc) is 2.79. The molecule has 0 aliphatic carbocycles. The van der Waals surface area contributed by atoms with Crippen molar-refractivity contribution < 1.29 is 14.6 Å². The summed E-state index contributed by atoms with van der Waals surface area (Å²) in [5.74, 6) is -0.345. The molecular weight excluding hydrogens is 260 g/mol. The molecule has 0 atom stereocenters. The van der Waals surface area contributed by atoms with Gasteiger partial charge in [-0.2, -0.15) is 0 Å². The molecule has 0 spiro atoms. The molecule has 0 saturated heterocycles. The third kappa shape index (κ3) is 2.43. The van der Waals surface area contributed by atoms with Gasteiger partial charge >= 0.3 is 5.97 Å². The summed E-state index contributed by atoms with van der Waals surface area (Å²) in [6, 6.07) is 6.99. The molecule has 0 aliphatic rings. The van der Waals surface area contributed by atoms with Crippen molar-refractivity contribution in [2.24, 2.45) is 0 Å². The molecular formula is C12H9ClO3S. The summed E-state index contributed by atoms with van der Waals surface area (Å²) < 4.78 is 5.12. The van der Waals surface area contributed by atoms with Gasteiger partial charge in [0.2, 0.25) is 0 Å². The molecule has 0 fully saturated rings. The Hall–Kier alpha value is -1.52. The van der Waals surface area contributed by atoms with Crippen molar-refractivity contribution in [3.8, 4) is 16.2 Å². The number of rotatable bonds is 3. The number of carboxylic acid groups (broad SMARTS) is 1. The van der Waals surface area contributed by atoms with Crippen LogP contribution in [0.3, 0.4) is 0 Å². The third-order valence-corrected chi connectivity index (χ3v) is 3.57. The van der Waals surface area contributed by atoms with E-state index in [1.54, 1.807) is 30.7 Å². The van der Waals surface area contributed by atoms with Gasteiger partial charge in [-0.05, 0) is 23.8 Å². The fourth-order valence-corrected chi connectivity index (χ4v) is 2.49. The quantitative estimate of drug-likeness (QED) is 0.922. The van der Waals surface area contributed by atoms with E-state index in [0.717, 1.165) is 10.4 Å². The van der Waals surface area contributed by atoms with Crippen LogP contribution in [-0.4, -0.2) is 18.2 Å². The van der Waals surface area contributed by atoms with Crippen molar-refractivity contribution in [1.29, 1.82) is 0 Å². The Morgan fingerprint density at radius 3 is 2.76 bits per heavy atom. The molecule has 17 heavy (non-hydrogen) atoms. The highest BCUT2D eigenvalue weighted by Gasteiger charge is 2.09. The number of aromatic carboxylic acids is 1. The third-order valence-electron chi connectivity index (χ3n) is 2.28. The number of benzene rings is 1. The zero-order chi connectivity index (χ0) is 12.4. The monoisotopic (exact) mass is 268 g/mol. The number of carbonyl (C=O) groups is 1. The molecule has 0 radical (unpaired) electrons. The molecule has 1 aromatic heterocycles. The van der Waals surface area contributed by atoms with Crippen LogP contribution < -0.4 is 4.74 Å². The van der Waals surface area contributed by atoms with Crippen LogP contribution in [0.1, 0.15) is 10.4 Å². The minimum Gasteiger partial charge on any atom is -0.495 e. The number of ether oxygens (including phenoxy) is 1. The minimum absolute atomic E-state index is 0.291. The van der Waals surface area contributed by atoms with Gasteiger partial charge < -0.3 is 9.84 Å². The van der Waals surface area contributed by atoms with Crippen molar-refractivity contribution in [3.05, 3.63) is 40.2 Å². The summed E-state index contributed by atoms with van der Waals surface area (Å²) in [4.78, 5) is 11.7. The SMILES string of the molecule is COc1cc(-c2cc(C(=O)O)cs2)ccc1Cl. The van der Waals surface area contributed by atoms with E-state index in [-0.39, 0.29) is 0 Å². The van der Waals surface area contributed by atoms with Crippen molar-refractivity contribution >= 4 is 28.9 Å². The Bertz CT molecular complexity index is 563. The average molecular weight is 269 g/mol. The first-order chi connectivity index (χ1) is 8.11. The number of carboxylic acids is 1. The van der Waals surface area contributed by atoms with E-state index in [1.807, 2.05) is 6.07 Å². The van der Waals surface area contributed by atoms with Gasteiger partial charge in [0.15, 0.2) is 0 Å². The molecule has 88 valence electrons. The largest absolute Gasteiger partial charge is 0.495 e. The standard InChI is InChI=1S/C12H9ClO3S/c1-16-10-4-7(2-3-9(10)13)11-5-8(6-17-11)12(14)15/h2-6H,1H3,(H,14,15). The Kier molecular flexibility index (Phi) is 3.36. The molecule has 0 bridgehead atoms. The van der Waals surface area contributed by atoms with E-state index in [0.29, 0.717) is 16.3 Å². The molecule has 0 aliphatic heterocycles. The minimum atomic E-state index is -0.923. The summed E-state index contributed by atoms with van der Waals surface area (Å²) in [5.41, 5.74) is 1.18. The smallest absolute Gasteiger partial charge is 0.336 e. The van der Waals surface area contributed by atoms with Crippen LogP contribution in [0.2, 0.25) is 5.02 Å². The lowest BCUT2D eigenvalue weighted by atomic mass is 10.1. The second-order valence-electron chi connectivity index (χ2n) is 3.35. The molecule has 2 aromatic rings. The van der Waals surface area contributed by atoms with Crippen molar-refractivity contribution in [3.63, 3.8) is 0 Å². The zero-order valence-electron chi connectivity index (χ0n) is 8.94. The van der Waals surface area contributed by atoms with Crippen molar-refractivity contribution in [2.75, 3.05) is 7.11 Å². The Morgan fingerprint density at radius 2 is 2.18 bits per heavy atom. The number of hydrogen-bond acceptors (Lipinski definition) is 3. The molecule has 2 rings (SSSR count). The lowest BCUT2D eigenvalue weighted by molar-refractivity contribution is 0.0697. The van der Waals surface area contributed by atoms with E-state index < -0.39 is 5.97 Å². The van der Waals surface area contributed by atoms with Gasteiger partial charge in [0.05, 0.1) is 17.7 Å². The van der Waals surface area contributed by atoms with Crippen LogP contribution >= 0.6 is 22.9 Å². The van der Waals surface area contributed by atoms with Gasteiger partial charge in [0.25, 0.3) is 0 Å². The van der Waals surface area contributed by atoms with Crippen LogP contribution in [0.15, 0.2) is 29.6 Å². The molecule has 1 heterocycles. The number of thiophene rings is 1. The number of halogens is 1. The van der Waals surface area contributed by atoms with Crippen molar-refractivity contribution in [2.45, 2.75) is 0 Å². The first-order valence-corrected chi connectivity index (χ1v) is 6.03. The van der Waals surface area contributed by atoms with E-state index in [1.165, 1.54) is 11.3 Å². The van der Waals surface area contributed by atoms with Crippen molar-refractivity contribution in [1.82, 2.24) is 0 Å². The van der Waals surface area contributed by atoms with E-state index in [9.17, 15) is 4.79 Å². The highest BCUT2D eigenvalue weighted by atomic mass is 35.5. The fraction of sp³-hybridized carbons (Fsp3) is 0.0833. The first kappa shape index (κ1) is 12.0. The summed E-state index contributed by atoms with van der Waals surface area (Å²) in [6.07, 6.45) is 0. The van der Waals surface area contributed by atoms with E-state index >= 15 is 0 Å². The topological polar surface area (TPSA) is 46.5 Å². The molecule has 1 aromatic carbocycles. The summed E-state index contributed by atoms with van der Waals surface area (Å²) in [7, 11) is 1.54. The Balaban J connectivity index is 2.42. The predicted octanol–water partition coefficient (Wildman–Crippen LogP) is 3.78. The maximum Gasteiger partial charge on any atom is 0.336 e. The first-order valence-electron chi connectivity index (χ1n) is 4.77. The van der Waals surface area contributed by atoms with Gasteiger partial charge in [-0.15, -0.1) is 11.3 Å². The van der Waals surface area contributed by atoms with Gasteiger partial charge in [-0.25, -0.2) is 4.79 Å². The van der Waals surface area contributed by atoms with Crippen LogP contribution in [0.25, 0.3) is 10.4 Å². The lowest BCUT2D eigenvalue weighted by Gasteiger charge is -2.04. The van der Waals surface area contributed by atoms with Crippen LogP contribution in [0.5, 0.6) is 5.75 Å². The maximum atomic E-state index is 10.8.